The molecule has 1 aliphatic heterocycles. The molecular formula is C15H28N2O2. The Morgan fingerprint density at radius 1 is 1.37 bits per heavy atom. The molecule has 1 saturated carbocycles. The van der Waals surface area contributed by atoms with Gasteiger partial charge in [0.1, 0.15) is 5.60 Å². The summed E-state index contributed by atoms with van der Waals surface area (Å²) in [5, 5.41) is 0. The van der Waals surface area contributed by atoms with E-state index in [0.717, 1.165) is 38.8 Å². The van der Waals surface area contributed by atoms with Gasteiger partial charge in [-0.1, -0.05) is 27.7 Å². The summed E-state index contributed by atoms with van der Waals surface area (Å²) in [5.41, 5.74) is 5.85. The number of carbonyl (C=O) groups excluding carboxylic acids is 1. The molecule has 2 unspecified atom stereocenters. The van der Waals surface area contributed by atoms with Crippen molar-refractivity contribution in [2.24, 2.45) is 16.6 Å². The second-order valence-corrected chi connectivity index (χ2v) is 8.01. The number of hydrogen-bond acceptors (Lipinski definition) is 3. The lowest BCUT2D eigenvalue weighted by Gasteiger charge is -2.42. The molecule has 0 bridgehead atoms. The number of rotatable bonds is 2. The minimum Gasteiger partial charge on any atom is -0.441 e. The highest BCUT2D eigenvalue weighted by Gasteiger charge is 2.51. The Morgan fingerprint density at radius 2 is 2.05 bits per heavy atom. The van der Waals surface area contributed by atoms with E-state index >= 15 is 0 Å². The van der Waals surface area contributed by atoms with E-state index in [-0.39, 0.29) is 22.5 Å². The van der Waals surface area contributed by atoms with Gasteiger partial charge < -0.3 is 15.4 Å². The minimum absolute atomic E-state index is 0.108. The summed E-state index contributed by atoms with van der Waals surface area (Å²) < 4.78 is 5.78. The quantitative estimate of drug-likeness (QED) is 0.838. The Kier molecular flexibility index (Phi) is 3.58. The molecule has 1 aliphatic carbocycles. The van der Waals surface area contributed by atoms with Crippen LogP contribution in [0.2, 0.25) is 0 Å². The van der Waals surface area contributed by atoms with Gasteiger partial charge in [0, 0.05) is 6.54 Å². The summed E-state index contributed by atoms with van der Waals surface area (Å²) in [4.78, 5) is 14.0. The SMILES string of the molecule is CC(C)(C)CN1CC2(CCCC(C)(CN)C2)OC1=O. The fourth-order valence-electron chi connectivity index (χ4n) is 3.58. The first-order chi connectivity index (χ1) is 8.67. The fraction of sp³-hybridized carbons (Fsp3) is 0.933. The first-order valence-electron chi connectivity index (χ1n) is 7.35. The van der Waals surface area contributed by atoms with Crippen LogP contribution in [0.5, 0.6) is 0 Å². The number of nitrogens with two attached hydrogens (primary N) is 1. The fourth-order valence-corrected chi connectivity index (χ4v) is 3.58. The lowest BCUT2D eigenvalue weighted by atomic mass is 9.68. The van der Waals surface area contributed by atoms with Crippen LogP contribution in [0.15, 0.2) is 0 Å². The molecule has 4 nitrogen and oxygen atoms in total. The first kappa shape index (κ1) is 14.6. The van der Waals surface area contributed by atoms with Crippen molar-refractivity contribution in [2.75, 3.05) is 19.6 Å². The number of amides is 1. The molecule has 0 aromatic heterocycles. The average molecular weight is 268 g/mol. The van der Waals surface area contributed by atoms with E-state index in [0.29, 0.717) is 6.54 Å². The maximum Gasteiger partial charge on any atom is 0.410 e. The monoisotopic (exact) mass is 268 g/mol. The molecule has 2 fully saturated rings. The van der Waals surface area contributed by atoms with Crippen LogP contribution >= 0.6 is 0 Å². The van der Waals surface area contributed by atoms with Crippen molar-refractivity contribution in [3.8, 4) is 0 Å². The summed E-state index contributed by atoms with van der Waals surface area (Å²) in [6.45, 7) is 10.8. The molecule has 1 spiro atoms. The first-order valence-corrected chi connectivity index (χ1v) is 7.35. The van der Waals surface area contributed by atoms with E-state index in [1.165, 1.54) is 0 Å². The van der Waals surface area contributed by atoms with E-state index in [2.05, 4.69) is 27.7 Å². The highest BCUT2D eigenvalue weighted by molar-refractivity contribution is 5.70. The second kappa shape index (κ2) is 4.65. The van der Waals surface area contributed by atoms with Gasteiger partial charge in [-0.25, -0.2) is 4.79 Å². The molecule has 2 atom stereocenters. The Labute approximate surface area is 116 Å². The number of carbonyl (C=O) groups is 1. The van der Waals surface area contributed by atoms with Crippen LogP contribution < -0.4 is 5.73 Å². The van der Waals surface area contributed by atoms with Crippen LogP contribution in [0.1, 0.15) is 53.4 Å². The second-order valence-electron chi connectivity index (χ2n) is 8.01. The molecule has 110 valence electrons. The van der Waals surface area contributed by atoms with Crippen LogP contribution in [-0.2, 0) is 4.74 Å². The third-order valence-electron chi connectivity index (χ3n) is 4.36. The van der Waals surface area contributed by atoms with Crippen molar-refractivity contribution in [3.63, 3.8) is 0 Å². The van der Waals surface area contributed by atoms with E-state index in [1.807, 2.05) is 4.90 Å². The normalized spacial score (nSPS) is 35.8. The van der Waals surface area contributed by atoms with Crippen molar-refractivity contribution < 1.29 is 9.53 Å². The summed E-state index contributed by atoms with van der Waals surface area (Å²) in [6.07, 6.45) is 3.99. The van der Waals surface area contributed by atoms with E-state index in [4.69, 9.17) is 10.5 Å². The Hall–Kier alpha value is -0.770. The molecule has 1 heterocycles. The largest absolute Gasteiger partial charge is 0.441 e. The zero-order chi connectivity index (χ0) is 14.3. The van der Waals surface area contributed by atoms with Crippen LogP contribution in [0.3, 0.4) is 0 Å². The predicted octanol–water partition coefficient (Wildman–Crippen LogP) is 2.76. The molecule has 4 heteroatoms. The standard InChI is InChI=1S/C15H28N2O2/c1-13(2,3)10-17-11-15(19-12(17)18)7-5-6-14(4,8-15)9-16/h5-11,16H2,1-4H3. The van der Waals surface area contributed by atoms with Gasteiger partial charge in [-0.15, -0.1) is 0 Å². The van der Waals surface area contributed by atoms with Crippen LogP contribution in [0.25, 0.3) is 0 Å². The highest BCUT2D eigenvalue weighted by Crippen LogP contribution is 2.45. The highest BCUT2D eigenvalue weighted by atomic mass is 16.6. The van der Waals surface area contributed by atoms with Gasteiger partial charge in [0.15, 0.2) is 0 Å². The van der Waals surface area contributed by atoms with E-state index < -0.39 is 0 Å². The van der Waals surface area contributed by atoms with Gasteiger partial charge in [-0.05, 0) is 43.1 Å². The molecule has 19 heavy (non-hydrogen) atoms. The molecule has 2 aliphatic rings. The maximum absolute atomic E-state index is 12.1. The van der Waals surface area contributed by atoms with E-state index in [9.17, 15) is 4.79 Å². The third kappa shape index (κ3) is 3.22. The predicted molar refractivity (Wildman–Crippen MR) is 75.9 cm³/mol. The van der Waals surface area contributed by atoms with Gasteiger partial charge in [0.05, 0.1) is 6.54 Å². The zero-order valence-electron chi connectivity index (χ0n) is 12.8. The summed E-state index contributed by atoms with van der Waals surface area (Å²) in [6, 6.07) is 0. The summed E-state index contributed by atoms with van der Waals surface area (Å²) >= 11 is 0. The maximum atomic E-state index is 12.1. The van der Waals surface area contributed by atoms with Crippen LogP contribution in [-0.4, -0.2) is 36.2 Å². The van der Waals surface area contributed by atoms with Crippen LogP contribution in [0.4, 0.5) is 4.79 Å². The zero-order valence-corrected chi connectivity index (χ0v) is 12.8. The molecule has 2 N–H and O–H groups in total. The molecule has 0 aromatic rings. The van der Waals surface area contributed by atoms with Gasteiger partial charge in [-0.3, -0.25) is 0 Å². The molecule has 2 rings (SSSR count). The average Bonchev–Trinajstić information content (AvgIpc) is 2.52. The van der Waals surface area contributed by atoms with Crippen molar-refractivity contribution in [1.82, 2.24) is 4.90 Å². The van der Waals surface area contributed by atoms with Gasteiger partial charge in [0.25, 0.3) is 0 Å². The molecule has 1 saturated heterocycles. The molecule has 0 aromatic carbocycles. The third-order valence-corrected chi connectivity index (χ3v) is 4.36. The van der Waals surface area contributed by atoms with Crippen molar-refractivity contribution >= 4 is 6.09 Å². The lowest BCUT2D eigenvalue weighted by molar-refractivity contribution is -0.0189. The van der Waals surface area contributed by atoms with E-state index in [1.54, 1.807) is 0 Å². The molecular weight excluding hydrogens is 240 g/mol. The van der Waals surface area contributed by atoms with Crippen molar-refractivity contribution in [3.05, 3.63) is 0 Å². The minimum atomic E-state index is -0.283. The van der Waals surface area contributed by atoms with Gasteiger partial charge in [-0.2, -0.15) is 0 Å². The summed E-state index contributed by atoms with van der Waals surface area (Å²) in [7, 11) is 0. The number of ether oxygens (including phenoxy) is 1. The van der Waals surface area contributed by atoms with Crippen molar-refractivity contribution in [1.29, 1.82) is 0 Å². The Morgan fingerprint density at radius 3 is 2.63 bits per heavy atom. The summed E-state index contributed by atoms with van der Waals surface area (Å²) in [5.74, 6) is 0. The van der Waals surface area contributed by atoms with Gasteiger partial charge >= 0.3 is 6.09 Å². The smallest absolute Gasteiger partial charge is 0.410 e. The van der Waals surface area contributed by atoms with Gasteiger partial charge in [0.2, 0.25) is 0 Å². The van der Waals surface area contributed by atoms with Crippen molar-refractivity contribution in [2.45, 2.75) is 59.0 Å². The molecule has 0 radical (unpaired) electrons. The topological polar surface area (TPSA) is 55.6 Å². The Bertz CT molecular complexity index is 364. The number of hydrogen-bond donors (Lipinski definition) is 1. The Balaban J connectivity index is 2.08. The lowest BCUT2D eigenvalue weighted by Crippen LogP contribution is -2.46. The number of nitrogens with zero attached hydrogens (tertiary/aromatic N) is 1. The molecule has 1 amide bonds. The van der Waals surface area contributed by atoms with Crippen LogP contribution in [0, 0.1) is 10.8 Å².